The fourth-order valence-corrected chi connectivity index (χ4v) is 3.59. The van der Waals surface area contributed by atoms with Gasteiger partial charge in [-0.05, 0) is 101 Å². The van der Waals surface area contributed by atoms with Crippen LogP contribution in [-0.4, -0.2) is 0 Å². The number of hydrogen-bond acceptors (Lipinski definition) is 0. The van der Waals surface area contributed by atoms with E-state index in [-0.39, 0.29) is 5.41 Å². The van der Waals surface area contributed by atoms with Gasteiger partial charge in [-0.1, -0.05) is 17.2 Å². The molecule has 0 amide bonds. The molecule has 20 heavy (non-hydrogen) atoms. The lowest BCUT2D eigenvalue weighted by Gasteiger charge is -2.27. The van der Waals surface area contributed by atoms with Crippen LogP contribution in [0, 0.1) is 5.41 Å². The lowest BCUT2D eigenvalue weighted by molar-refractivity contribution is 0.621. The molecule has 0 aromatic carbocycles. The molecule has 0 unspecified atom stereocenters. The Kier molecular flexibility index (Phi) is 3.48. The molecule has 0 aliphatic heterocycles. The first-order chi connectivity index (χ1) is 9.12. The van der Waals surface area contributed by atoms with Crippen molar-refractivity contribution in [2.75, 3.05) is 0 Å². The number of rotatable bonds is 1. The molecule has 0 saturated heterocycles. The normalized spacial score (nSPS) is 22.8. The van der Waals surface area contributed by atoms with Gasteiger partial charge in [0.1, 0.15) is 0 Å². The van der Waals surface area contributed by atoms with E-state index in [1.54, 1.807) is 0 Å². The van der Waals surface area contributed by atoms with Crippen LogP contribution in [0.2, 0.25) is 0 Å². The van der Waals surface area contributed by atoms with Gasteiger partial charge in [-0.3, -0.25) is 0 Å². The third kappa shape index (κ3) is 1.81. The van der Waals surface area contributed by atoms with E-state index < -0.39 is 0 Å². The van der Waals surface area contributed by atoms with Crippen molar-refractivity contribution in [3.8, 4) is 0 Å². The molecular formula is C20H28. The lowest BCUT2D eigenvalue weighted by atomic mass is 9.77. The van der Waals surface area contributed by atoms with Crippen molar-refractivity contribution in [1.29, 1.82) is 0 Å². The Morgan fingerprint density at radius 2 is 0.900 bits per heavy atom. The smallest absolute Gasteiger partial charge is 0.0287 e. The highest BCUT2D eigenvalue weighted by molar-refractivity contribution is 5.64. The van der Waals surface area contributed by atoms with E-state index in [4.69, 9.17) is 0 Å². The minimum Gasteiger partial charge on any atom is -0.0627 e. The largest absolute Gasteiger partial charge is 0.0627 e. The second kappa shape index (κ2) is 4.62. The molecule has 0 fully saturated rings. The molecule has 2 aliphatic carbocycles. The number of allylic oxidation sites excluding steroid dienone is 10. The summed E-state index contributed by atoms with van der Waals surface area (Å²) in [5, 5.41) is 0. The van der Waals surface area contributed by atoms with Crippen molar-refractivity contribution in [2.45, 2.75) is 62.3 Å². The summed E-state index contributed by atoms with van der Waals surface area (Å²) in [4.78, 5) is 0. The second-order valence-electron chi connectivity index (χ2n) is 6.76. The second-order valence-corrected chi connectivity index (χ2v) is 6.76. The van der Waals surface area contributed by atoms with Crippen molar-refractivity contribution in [1.82, 2.24) is 0 Å². The Bertz CT molecular complexity index is 590. The van der Waals surface area contributed by atoms with Crippen molar-refractivity contribution < 1.29 is 0 Å². The zero-order valence-electron chi connectivity index (χ0n) is 14.6. The average Bonchev–Trinajstić information content (AvgIpc) is 2.68. The summed E-state index contributed by atoms with van der Waals surface area (Å²) < 4.78 is 0. The van der Waals surface area contributed by atoms with Crippen LogP contribution in [0.15, 0.2) is 56.2 Å². The number of hydrogen-bond donors (Lipinski definition) is 0. The van der Waals surface area contributed by atoms with Gasteiger partial charge in [0, 0.05) is 5.41 Å². The molecule has 0 nitrogen and oxygen atoms in total. The van der Waals surface area contributed by atoms with Crippen molar-refractivity contribution >= 4 is 0 Å². The highest BCUT2D eigenvalue weighted by atomic mass is 14.4. The van der Waals surface area contributed by atoms with E-state index in [0.29, 0.717) is 0 Å². The van der Waals surface area contributed by atoms with Gasteiger partial charge in [0.25, 0.3) is 0 Å². The van der Waals surface area contributed by atoms with Gasteiger partial charge in [0.2, 0.25) is 0 Å². The molecule has 0 heterocycles. The standard InChI is InChI=1S/C20H28/c1-11-12(2)16(6)19(15(11)5)10-20(9)17(7)13(3)14(4)18(20)8/h10H,1-9H3. The molecule has 0 aromatic rings. The van der Waals surface area contributed by atoms with E-state index in [1.807, 2.05) is 0 Å². The van der Waals surface area contributed by atoms with Crippen molar-refractivity contribution in [3.05, 3.63) is 56.2 Å². The van der Waals surface area contributed by atoms with E-state index in [1.165, 1.54) is 50.2 Å². The Morgan fingerprint density at radius 1 is 0.550 bits per heavy atom. The fourth-order valence-electron chi connectivity index (χ4n) is 3.59. The lowest BCUT2D eigenvalue weighted by Crippen LogP contribution is -2.15. The summed E-state index contributed by atoms with van der Waals surface area (Å²) in [5.74, 6) is 0. The van der Waals surface area contributed by atoms with Gasteiger partial charge in [-0.15, -0.1) is 0 Å². The Labute approximate surface area is 124 Å². The van der Waals surface area contributed by atoms with Crippen LogP contribution in [0.1, 0.15) is 62.3 Å². The highest BCUT2D eigenvalue weighted by Crippen LogP contribution is 2.50. The maximum absolute atomic E-state index is 2.50. The fraction of sp³-hybridized carbons (Fsp3) is 0.500. The van der Waals surface area contributed by atoms with Crippen LogP contribution < -0.4 is 0 Å². The van der Waals surface area contributed by atoms with Gasteiger partial charge in [0.15, 0.2) is 0 Å². The van der Waals surface area contributed by atoms with Crippen LogP contribution in [0.5, 0.6) is 0 Å². The zero-order chi connectivity index (χ0) is 15.4. The maximum atomic E-state index is 2.50. The molecular weight excluding hydrogens is 240 g/mol. The summed E-state index contributed by atoms with van der Waals surface area (Å²) in [7, 11) is 0. The van der Waals surface area contributed by atoms with Gasteiger partial charge in [-0.25, -0.2) is 0 Å². The van der Waals surface area contributed by atoms with Crippen LogP contribution in [-0.2, 0) is 0 Å². The van der Waals surface area contributed by atoms with E-state index in [9.17, 15) is 0 Å². The molecule has 2 rings (SSSR count). The summed E-state index contributed by atoms with van der Waals surface area (Å²) in [6.07, 6.45) is 2.50. The van der Waals surface area contributed by atoms with Gasteiger partial charge in [0.05, 0.1) is 0 Å². The van der Waals surface area contributed by atoms with E-state index >= 15 is 0 Å². The molecule has 0 radical (unpaired) electrons. The van der Waals surface area contributed by atoms with Gasteiger partial charge >= 0.3 is 0 Å². The molecule has 0 spiro atoms. The van der Waals surface area contributed by atoms with Gasteiger partial charge < -0.3 is 0 Å². The summed E-state index contributed by atoms with van der Waals surface area (Å²) in [6, 6.07) is 0. The third-order valence-corrected chi connectivity index (χ3v) is 6.17. The van der Waals surface area contributed by atoms with Crippen LogP contribution >= 0.6 is 0 Å². The highest BCUT2D eigenvalue weighted by Gasteiger charge is 2.35. The molecule has 0 bridgehead atoms. The molecule has 0 N–H and O–H groups in total. The Morgan fingerprint density at radius 3 is 1.25 bits per heavy atom. The Hall–Kier alpha value is -1.30. The van der Waals surface area contributed by atoms with E-state index in [0.717, 1.165) is 0 Å². The van der Waals surface area contributed by atoms with E-state index in [2.05, 4.69) is 68.4 Å². The third-order valence-electron chi connectivity index (χ3n) is 6.17. The molecule has 0 saturated carbocycles. The predicted octanol–water partition coefficient (Wildman–Crippen LogP) is 6.29. The molecule has 0 aromatic heterocycles. The quantitative estimate of drug-likeness (QED) is 0.524. The van der Waals surface area contributed by atoms with Crippen LogP contribution in [0.25, 0.3) is 0 Å². The van der Waals surface area contributed by atoms with Crippen molar-refractivity contribution in [2.24, 2.45) is 5.41 Å². The summed E-state index contributed by atoms with van der Waals surface area (Å²) in [6.45, 7) is 20.5. The minimum absolute atomic E-state index is 0.0803. The predicted molar refractivity (Wildman–Crippen MR) is 89.7 cm³/mol. The summed E-state index contributed by atoms with van der Waals surface area (Å²) >= 11 is 0. The zero-order valence-corrected chi connectivity index (χ0v) is 14.6. The SMILES string of the molecule is CC1=C(C)C(C)=C(C)C1=CC1(C)C(C)=C(C)C(C)=C1C. The molecule has 2 aliphatic rings. The molecule has 0 heteroatoms. The monoisotopic (exact) mass is 268 g/mol. The van der Waals surface area contributed by atoms with Gasteiger partial charge in [-0.2, -0.15) is 0 Å². The molecule has 0 atom stereocenters. The first-order valence-electron chi connectivity index (χ1n) is 7.58. The minimum atomic E-state index is 0.0803. The van der Waals surface area contributed by atoms with Crippen molar-refractivity contribution in [3.63, 3.8) is 0 Å². The average molecular weight is 268 g/mol. The molecule has 108 valence electrons. The maximum Gasteiger partial charge on any atom is 0.0287 e. The van der Waals surface area contributed by atoms with Crippen LogP contribution in [0.3, 0.4) is 0 Å². The topological polar surface area (TPSA) is 0 Å². The Balaban J connectivity index is 2.64. The first-order valence-corrected chi connectivity index (χ1v) is 7.58. The first kappa shape index (κ1) is 15.1. The van der Waals surface area contributed by atoms with Crippen LogP contribution in [0.4, 0.5) is 0 Å². The summed E-state index contributed by atoms with van der Waals surface area (Å²) in [5.41, 5.74) is 13.3.